The number of aryl methyl sites for hydroxylation is 2. The lowest BCUT2D eigenvalue weighted by molar-refractivity contribution is 0.104. The van der Waals surface area contributed by atoms with E-state index in [4.69, 9.17) is 9.47 Å². The fraction of sp³-hybridized carbons (Fsp3) is 0.444. The van der Waals surface area contributed by atoms with Gasteiger partial charge in [0.05, 0.1) is 12.7 Å². The van der Waals surface area contributed by atoms with E-state index in [-0.39, 0.29) is 5.78 Å². The minimum atomic E-state index is 0.0359. The van der Waals surface area contributed by atoms with E-state index < -0.39 is 0 Å². The SMILES string of the molecule is COc1c(C)cc2c(C(=O)c3ccc(OCCN4CCCCC4)cc3)c(N(C)C)sc2c1C. The van der Waals surface area contributed by atoms with Gasteiger partial charge in [-0.2, -0.15) is 0 Å². The number of methoxy groups -OCH3 is 1. The highest BCUT2D eigenvalue weighted by molar-refractivity contribution is 7.23. The molecule has 3 aromatic rings. The van der Waals surface area contributed by atoms with Crippen molar-refractivity contribution in [3.63, 3.8) is 0 Å². The maximum Gasteiger partial charge on any atom is 0.196 e. The molecule has 2 aromatic carbocycles. The van der Waals surface area contributed by atoms with Gasteiger partial charge >= 0.3 is 0 Å². The molecule has 0 radical (unpaired) electrons. The molecular weight excluding hydrogens is 432 g/mol. The summed E-state index contributed by atoms with van der Waals surface area (Å²) in [6, 6.07) is 9.66. The van der Waals surface area contributed by atoms with Crippen molar-refractivity contribution in [3.05, 3.63) is 52.6 Å². The summed E-state index contributed by atoms with van der Waals surface area (Å²) in [6.45, 7) is 8.06. The van der Waals surface area contributed by atoms with Crippen molar-refractivity contribution in [1.82, 2.24) is 4.90 Å². The lowest BCUT2D eigenvalue weighted by Crippen LogP contribution is -2.33. The van der Waals surface area contributed by atoms with E-state index in [0.29, 0.717) is 12.2 Å². The van der Waals surface area contributed by atoms with Crippen molar-refractivity contribution in [2.75, 3.05) is 52.3 Å². The molecule has 1 fully saturated rings. The lowest BCUT2D eigenvalue weighted by atomic mass is 9.98. The Kier molecular flexibility index (Phi) is 7.25. The summed E-state index contributed by atoms with van der Waals surface area (Å²) < 4.78 is 12.7. The highest BCUT2D eigenvalue weighted by Gasteiger charge is 2.24. The molecule has 0 unspecified atom stereocenters. The first-order chi connectivity index (χ1) is 15.9. The van der Waals surface area contributed by atoms with Crippen LogP contribution in [0.25, 0.3) is 10.1 Å². The number of hydrogen-bond acceptors (Lipinski definition) is 6. The van der Waals surface area contributed by atoms with Crippen molar-refractivity contribution in [2.45, 2.75) is 33.1 Å². The van der Waals surface area contributed by atoms with Crippen molar-refractivity contribution in [3.8, 4) is 11.5 Å². The fourth-order valence-electron chi connectivity index (χ4n) is 4.70. The predicted molar refractivity (Wildman–Crippen MR) is 138 cm³/mol. The van der Waals surface area contributed by atoms with Crippen LogP contribution in [0.1, 0.15) is 46.3 Å². The number of fused-ring (bicyclic) bond motifs is 1. The van der Waals surface area contributed by atoms with Crippen molar-refractivity contribution in [1.29, 1.82) is 0 Å². The van der Waals surface area contributed by atoms with Crippen LogP contribution < -0.4 is 14.4 Å². The molecule has 0 saturated carbocycles. The number of thiophene rings is 1. The van der Waals surface area contributed by atoms with E-state index in [1.165, 1.54) is 32.4 Å². The Hall–Kier alpha value is -2.57. The van der Waals surface area contributed by atoms with Gasteiger partial charge in [-0.15, -0.1) is 11.3 Å². The van der Waals surface area contributed by atoms with E-state index >= 15 is 0 Å². The number of nitrogens with zero attached hydrogens (tertiary/aromatic N) is 2. The summed E-state index contributed by atoms with van der Waals surface area (Å²) in [4.78, 5) is 18.1. The summed E-state index contributed by atoms with van der Waals surface area (Å²) >= 11 is 1.64. The number of ether oxygens (including phenoxy) is 2. The summed E-state index contributed by atoms with van der Waals surface area (Å²) in [5.41, 5.74) is 3.55. The second kappa shape index (κ2) is 10.1. The maximum absolute atomic E-state index is 13.7. The Morgan fingerprint density at radius 1 is 1.09 bits per heavy atom. The summed E-state index contributed by atoms with van der Waals surface area (Å²) in [7, 11) is 5.67. The number of benzene rings is 2. The molecule has 0 N–H and O–H groups in total. The molecule has 0 atom stereocenters. The van der Waals surface area contributed by atoms with Crippen LogP contribution in [0.15, 0.2) is 30.3 Å². The van der Waals surface area contributed by atoms with Gasteiger partial charge < -0.3 is 14.4 Å². The van der Waals surface area contributed by atoms with E-state index in [1.807, 2.05) is 50.2 Å². The normalized spacial score (nSPS) is 14.5. The summed E-state index contributed by atoms with van der Waals surface area (Å²) in [5, 5.41) is 1.96. The van der Waals surface area contributed by atoms with Gasteiger partial charge in [0.2, 0.25) is 0 Å². The van der Waals surface area contributed by atoms with Crippen LogP contribution in [0.2, 0.25) is 0 Å². The molecular formula is C27H34N2O3S. The zero-order valence-electron chi connectivity index (χ0n) is 20.4. The fourth-order valence-corrected chi connectivity index (χ4v) is 5.90. The van der Waals surface area contributed by atoms with Gasteiger partial charge in [-0.05, 0) is 75.7 Å². The molecule has 0 spiro atoms. The van der Waals surface area contributed by atoms with Gasteiger partial charge in [0.15, 0.2) is 5.78 Å². The van der Waals surface area contributed by atoms with E-state index in [0.717, 1.165) is 49.8 Å². The molecule has 0 aliphatic carbocycles. The van der Waals surface area contributed by atoms with Gasteiger partial charge in [-0.25, -0.2) is 0 Å². The number of ketones is 1. The topological polar surface area (TPSA) is 42.0 Å². The van der Waals surface area contributed by atoms with Crippen LogP contribution in [-0.2, 0) is 0 Å². The largest absolute Gasteiger partial charge is 0.496 e. The second-order valence-corrected chi connectivity index (χ2v) is 10.0. The third-order valence-corrected chi connectivity index (χ3v) is 7.90. The monoisotopic (exact) mass is 466 g/mol. The van der Waals surface area contributed by atoms with E-state index in [9.17, 15) is 4.79 Å². The Bertz CT molecular complexity index is 1130. The van der Waals surface area contributed by atoms with Crippen LogP contribution in [-0.4, -0.2) is 58.1 Å². The number of hydrogen-bond donors (Lipinski definition) is 0. The van der Waals surface area contributed by atoms with Crippen LogP contribution >= 0.6 is 11.3 Å². The number of rotatable bonds is 8. The molecule has 2 heterocycles. The molecule has 33 heavy (non-hydrogen) atoms. The van der Waals surface area contributed by atoms with Crippen molar-refractivity contribution >= 4 is 32.2 Å². The molecule has 1 aliphatic rings. The Morgan fingerprint density at radius 2 is 1.79 bits per heavy atom. The minimum Gasteiger partial charge on any atom is -0.496 e. The maximum atomic E-state index is 13.7. The van der Waals surface area contributed by atoms with E-state index in [1.54, 1.807) is 18.4 Å². The molecule has 1 aliphatic heterocycles. The average Bonchev–Trinajstić information content (AvgIpc) is 3.20. The summed E-state index contributed by atoms with van der Waals surface area (Å²) in [6.07, 6.45) is 3.91. The van der Waals surface area contributed by atoms with Gasteiger partial charge in [0.1, 0.15) is 23.1 Å². The highest BCUT2D eigenvalue weighted by Crippen LogP contribution is 2.44. The first-order valence-electron chi connectivity index (χ1n) is 11.7. The average molecular weight is 467 g/mol. The van der Waals surface area contributed by atoms with E-state index in [2.05, 4.69) is 17.9 Å². The molecule has 6 heteroatoms. The number of piperidine rings is 1. The molecule has 176 valence electrons. The van der Waals surface area contributed by atoms with Crippen LogP contribution in [0.4, 0.5) is 5.00 Å². The van der Waals surface area contributed by atoms with Gasteiger partial charge in [-0.1, -0.05) is 6.42 Å². The third-order valence-electron chi connectivity index (χ3n) is 6.41. The molecule has 1 aromatic heterocycles. The number of likely N-dealkylation sites (tertiary alicyclic amines) is 1. The number of carbonyl (C=O) groups is 1. The Balaban J connectivity index is 1.57. The zero-order chi connectivity index (χ0) is 23.5. The number of anilines is 1. The standard InChI is InChI=1S/C27H34N2O3S/c1-18-17-22-23(27(28(3)4)33-26(22)19(2)25(18)31-5)24(30)20-9-11-21(12-10-20)32-16-15-29-13-7-6-8-14-29/h9-12,17H,6-8,13-16H2,1-5H3. The third kappa shape index (κ3) is 4.87. The minimum absolute atomic E-state index is 0.0359. The molecule has 0 amide bonds. The van der Waals surface area contributed by atoms with Crippen molar-refractivity contribution in [2.24, 2.45) is 0 Å². The zero-order valence-corrected chi connectivity index (χ0v) is 21.2. The van der Waals surface area contributed by atoms with Gasteiger partial charge in [0.25, 0.3) is 0 Å². The van der Waals surface area contributed by atoms with Crippen LogP contribution in [0, 0.1) is 13.8 Å². The van der Waals surface area contributed by atoms with Crippen LogP contribution in [0.5, 0.6) is 11.5 Å². The number of carbonyl (C=O) groups excluding carboxylic acids is 1. The van der Waals surface area contributed by atoms with Gasteiger partial charge in [-0.3, -0.25) is 9.69 Å². The molecule has 5 nitrogen and oxygen atoms in total. The first-order valence-corrected chi connectivity index (χ1v) is 12.5. The smallest absolute Gasteiger partial charge is 0.196 e. The molecule has 4 rings (SSSR count). The quantitative estimate of drug-likeness (QED) is 0.399. The molecule has 0 bridgehead atoms. The predicted octanol–water partition coefficient (Wildman–Crippen LogP) is 5.69. The van der Waals surface area contributed by atoms with Crippen LogP contribution in [0.3, 0.4) is 0 Å². The van der Waals surface area contributed by atoms with Gasteiger partial charge in [0, 0.05) is 41.9 Å². The molecule has 1 saturated heterocycles. The summed E-state index contributed by atoms with van der Waals surface area (Å²) in [5.74, 6) is 1.73. The first kappa shape index (κ1) is 23.6. The second-order valence-electron chi connectivity index (χ2n) is 9.01. The Labute approximate surface area is 200 Å². The highest BCUT2D eigenvalue weighted by atomic mass is 32.1. The Morgan fingerprint density at radius 3 is 2.42 bits per heavy atom. The lowest BCUT2D eigenvalue weighted by Gasteiger charge is -2.26. The van der Waals surface area contributed by atoms with Crippen molar-refractivity contribution < 1.29 is 14.3 Å².